The smallest absolute Gasteiger partial charge is 0.234 e. The highest BCUT2D eigenvalue weighted by Gasteiger charge is 2.32. The molecule has 0 atom stereocenters. The van der Waals surface area contributed by atoms with E-state index in [1.54, 1.807) is 18.2 Å². The van der Waals surface area contributed by atoms with Crippen LogP contribution in [0.1, 0.15) is 32.0 Å². The first kappa shape index (κ1) is 20.1. The minimum atomic E-state index is -0.581. The van der Waals surface area contributed by atoms with Crippen molar-refractivity contribution in [2.45, 2.75) is 13.8 Å². The van der Waals surface area contributed by atoms with E-state index in [-0.39, 0.29) is 10.7 Å². The molecule has 3 aromatic rings. The van der Waals surface area contributed by atoms with Gasteiger partial charge in [-0.3, -0.25) is 29.4 Å². The van der Waals surface area contributed by atoms with Crippen molar-refractivity contribution in [3.05, 3.63) is 117 Å². The van der Waals surface area contributed by atoms with Crippen LogP contribution in [0, 0.1) is 35.2 Å². The van der Waals surface area contributed by atoms with E-state index < -0.39 is 11.6 Å². The first-order chi connectivity index (χ1) is 16.4. The Kier molecular flexibility index (Phi) is 4.10. The van der Waals surface area contributed by atoms with Crippen molar-refractivity contribution in [1.82, 2.24) is 9.03 Å². The van der Waals surface area contributed by atoms with Gasteiger partial charge < -0.3 is 0 Å². The summed E-state index contributed by atoms with van der Waals surface area (Å²) in [7, 11) is 0. The van der Waals surface area contributed by atoms with Gasteiger partial charge in [-0.1, -0.05) is 42.5 Å². The maximum atomic E-state index is 13.3. The van der Waals surface area contributed by atoms with Crippen LogP contribution in [0.25, 0.3) is 22.3 Å². The number of carbonyl (C=O) groups is 2. The average molecular weight is 444 g/mol. The number of nitrogens with zero attached hydrogens (tertiary/aromatic N) is 2. The number of ketones is 2. The molecule has 6 nitrogen and oxygen atoms in total. The topological polar surface area (TPSA) is 90.7 Å². The molecule has 6 rings (SSSR count). The molecule has 6 heteroatoms. The molecule has 2 heterocycles. The van der Waals surface area contributed by atoms with Gasteiger partial charge in [-0.05, 0) is 54.3 Å². The van der Waals surface area contributed by atoms with Crippen LogP contribution in [0.4, 0.5) is 0 Å². The van der Waals surface area contributed by atoms with Crippen LogP contribution in [-0.4, -0.2) is 20.6 Å². The largest absolute Gasteiger partial charge is 0.298 e. The van der Waals surface area contributed by atoms with Crippen LogP contribution >= 0.6 is 0 Å². The first-order valence-corrected chi connectivity index (χ1v) is 11.0. The SMILES string of the molecule is Cc1c(C)n2ccccn2c2cc(-c3cccc4c3C(=O)C(=O)c3ccccc3-4)c(=N)c(=N)c1=2. The number of aromatic nitrogens is 2. The van der Waals surface area contributed by atoms with E-state index in [2.05, 4.69) is 0 Å². The molecule has 0 saturated heterocycles. The van der Waals surface area contributed by atoms with Gasteiger partial charge in [-0.25, -0.2) is 0 Å². The number of rotatable bonds is 1. The number of hydrogen-bond donors (Lipinski definition) is 2. The van der Waals surface area contributed by atoms with E-state index >= 15 is 0 Å². The average Bonchev–Trinajstić information content (AvgIpc) is 2.87. The fourth-order valence-electron chi connectivity index (χ4n) is 5.07. The Bertz CT molecular complexity index is 1910. The van der Waals surface area contributed by atoms with E-state index in [0.29, 0.717) is 38.6 Å². The zero-order chi connectivity index (χ0) is 23.7. The molecule has 0 amide bonds. The van der Waals surface area contributed by atoms with Crippen molar-refractivity contribution >= 4 is 11.6 Å². The van der Waals surface area contributed by atoms with Crippen molar-refractivity contribution in [3.8, 4) is 22.3 Å². The van der Waals surface area contributed by atoms with Crippen molar-refractivity contribution in [3.63, 3.8) is 0 Å². The highest BCUT2D eigenvalue weighted by Crippen LogP contribution is 2.38. The maximum Gasteiger partial charge on any atom is 0.234 e. The van der Waals surface area contributed by atoms with Gasteiger partial charge in [-0.15, -0.1) is 0 Å². The second-order valence-corrected chi connectivity index (χ2v) is 8.58. The van der Waals surface area contributed by atoms with Crippen LogP contribution in [0.2, 0.25) is 0 Å². The molecule has 2 N–H and O–H groups in total. The summed E-state index contributed by atoms with van der Waals surface area (Å²) >= 11 is 0. The van der Waals surface area contributed by atoms with Gasteiger partial charge in [0.25, 0.3) is 0 Å². The lowest BCUT2D eigenvalue weighted by Crippen LogP contribution is -2.30. The molecular formula is C28H20N4O2. The van der Waals surface area contributed by atoms with Gasteiger partial charge in [0, 0.05) is 40.0 Å². The summed E-state index contributed by atoms with van der Waals surface area (Å²) in [5.74, 6) is -1.13. The Hall–Kier alpha value is -4.58. The molecule has 0 bridgehead atoms. The second kappa shape index (κ2) is 6.96. The van der Waals surface area contributed by atoms with Gasteiger partial charge >= 0.3 is 0 Å². The summed E-state index contributed by atoms with van der Waals surface area (Å²) in [5.41, 5.74) is 4.93. The van der Waals surface area contributed by atoms with E-state index in [1.807, 2.05) is 77.7 Å². The summed E-state index contributed by atoms with van der Waals surface area (Å²) in [4.78, 5) is 26.2. The fourth-order valence-corrected chi connectivity index (χ4v) is 5.07. The molecule has 2 aliphatic carbocycles. The highest BCUT2D eigenvalue weighted by molar-refractivity contribution is 6.53. The third-order valence-corrected chi connectivity index (χ3v) is 6.86. The molecule has 1 aliphatic heterocycles. The number of aryl methyl sites for hydroxylation is 1. The van der Waals surface area contributed by atoms with Crippen LogP contribution in [0.15, 0.2) is 73.1 Å². The van der Waals surface area contributed by atoms with Gasteiger partial charge in [0.1, 0.15) is 0 Å². The van der Waals surface area contributed by atoms with E-state index in [0.717, 1.165) is 16.6 Å². The lowest BCUT2D eigenvalue weighted by Gasteiger charge is -2.21. The Morgan fingerprint density at radius 3 is 2.00 bits per heavy atom. The minimum Gasteiger partial charge on any atom is -0.298 e. The molecule has 0 radical (unpaired) electrons. The molecule has 34 heavy (non-hydrogen) atoms. The van der Waals surface area contributed by atoms with Gasteiger partial charge in [0.2, 0.25) is 11.6 Å². The highest BCUT2D eigenvalue weighted by atomic mass is 16.2. The van der Waals surface area contributed by atoms with Crippen molar-refractivity contribution in [1.29, 1.82) is 10.8 Å². The van der Waals surface area contributed by atoms with Crippen LogP contribution in [0.5, 0.6) is 0 Å². The van der Waals surface area contributed by atoms with Crippen molar-refractivity contribution in [2.24, 2.45) is 0 Å². The monoisotopic (exact) mass is 444 g/mol. The van der Waals surface area contributed by atoms with Gasteiger partial charge in [-0.2, -0.15) is 0 Å². The molecule has 164 valence electrons. The zero-order valence-electron chi connectivity index (χ0n) is 18.6. The summed E-state index contributed by atoms with van der Waals surface area (Å²) in [6, 6.07) is 18.2. The van der Waals surface area contributed by atoms with Gasteiger partial charge in [0.15, 0.2) is 0 Å². The third kappa shape index (κ3) is 2.50. The fraction of sp³-hybridized carbons (Fsp3) is 0.0714. The van der Waals surface area contributed by atoms with Crippen LogP contribution in [-0.2, 0) is 0 Å². The van der Waals surface area contributed by atoms with Crippen LogP contribution in [0.3, 0.4) is 0 Å². The standard InChI is InChI=1S/C28H20N4O2/c1-15-16(2)31-12-5-6-13-32(31)22-14-21(25(29)26(30)23(15)22)19-11-7-10-18-17-8-3-4-9-20(17)27(33)28(34)24(18)19/h3-14,29-30H,1-2H3. The lowest BCUT2D eigenvalue weighted by atomic mass is 9.80. The lowest BCUT2D eigenvalue weighted by molar-refractivity contribution is 0.0815. The molecular weight excluding hydrogens is 424 g/mol. The number of hydrogen-bond acceptors (Lipinski definition) is 4. The quantitative estimate of drug-likeness (QED) is 0.382. The third-order valence-electron chi connectivity index (χ3n) is 6.86. The van der Waals surface area contributed by atoms with E-state index in [1.165, 1.54) is 0 Å². The number of Topliss-reactive ketones (excluding diaryl/α,β-unsaturated/α-hetero) is 2. The Balaban J connectivity index is 1.79. The molecule has 0 spiro atoms. The maximum absolute atomic E-state index is 13.3. The summed E-state index contributed by atoms with van der Waals surface area (Å²) in [6.45, 7) is 3.94. The molecule has 3 aliphatic rings. The normalized spacial score (nSPS) is 12.8. The molecule has 0 saturated carbocycles. The summed E-state index contributed by atoms with van der Waals surface area (Å²) in [6.07, 6.45) is 3.86. The molecule has 2 aromatic carbocycles. The van der Waals surface area contributed by atoms with E-state index in [4.69, 9.17) is 10.8 Å². The molecule has 1 aromatic heterocycles. The van der Waals surface area contributed by atoms with E-state index in [9.17, 15) is 9.59 Å². The van der Waals surface area contributed by atoms with Gasteiger partial charge in [0.05, 0.1) is 16.1 Å². The molecule has 0 unspecified atom stereocenters. The van der Waals surface area contributed by atoms with Crippen molar-refractivity contribution < 1.29 is 9.59 Å². The Morgan fingerprint density at radius 2 is 1.26 bits per heavy atom. The molecule has 0 fully saturated rings. The first-order valence-electron chi connectivity index (χ1n) is 11.0. The summed E-state index contributed by atoms with van der Waals surface area (Å²) < 4.78 is 3.94. The Labute approximate surface area is 194 Å². The zero-order valence-corrected chi connectivity index (χ0v) is 18.6. The summed E-state index contributed by atoms with van der Waals surface area (Å²) in [5, 5.41) is 19.3. The number of nitrogens with one attached hydrogen (secondary N) is 2. The predicted octanol–water partition coefficient (Wildman–Crippen LogP) is 4.05. The van der Waals surface area contributed by atoms with Crippen molar-refractivity contribution in [2.75, 3.05) is 0 Å². The number of carbonyl (C=O) groups excluding carboxylic acids is 2. The predicted molar refractivity (Wildman–Crippen MR) is 127 cm³/mol. The second-order valence-electron chi connectivity index (χ2n) is 8.58. The number of benzene rings is 2. The van der Waals surface area contributed by atoms with Crippen LogP contribution < -0.4 is 10.7 Å². The minimum absolute atomic E-state index is 0.0309. The Morgan fingerprint density at radius 1 is 0.647 bits per heavy atom. The number of fused-ring (bicyclic) bond motifs is 5.